The second kappa shape index (κ2) is 61.8. The number of Topliss-reactive ketones (excluding diaryl/α,β-unsaturated/α-hetero) is 2. The van der Waals surface area contributed by atoms with E-state index < -0.39 is 47.6 Å². The molecule has 0 bridgehead atoms. The van der Waals surface area contributed by atoms with E-state index in [0.29, 0.717) is 103 Å². The summed E-state index contributed by atoms with van der Waals surface area (Å²) in [6.07, 6.45) is 5.91. The summed E-state index contributed by atoms with van der Waals surface area (Å²) < 4.78 is 34.5. The van der Waals surface area contributed by atoms with E-state index in [1.54, 1.807) is 87.4 Å². The molecule has 28 nitrogen and oxygen atoms in total. The van der Waals surface area contributed by atoms with Gasteiger partial charge >= 0.3 is 29.7 Å². The number of carbonyl (C=O) groups is 9. The van der Waals surface area contributed by atoms with Crippen LogP contribution in [0.25, 0.3) is 0 Å². The van der Waals surface area contributed by atoms with Crippen molar-refractivity contribution >= 4 is 53.1 Å². The number of ether oxygens (including phenoxy) is 7. The quantitative estimate of drug-likeness (QED) is 0.00461. The smallest absolute Gasteiger partial charge is 0.397 e. The van der Waals surface area contributed by atoms with Gasteiger partial charge in [-0.2, -0.15) is 0 Å². The van der Waals surface area contributed by atoms with Gasteiger partial charge in [0.25, 0.3) is 5.91 Å². The molecule has 0 radical (unpaired) electrons. The summed E-state index contributed by atoms with van der Waals surface area (Å²) in [6, 6.07) is 46.3. The highest BCUT2D eigenvalue weighted by atomic mass is 16.6. The molecule has 0 aromatic heterocycles. The van der Waals surface area contributed by atoms with Gasteiger partial charge < -0.3 is 89.4 Å². The van der Waals surface area contributed by atoms with E-state index in [-0.39, 0.29) is 61.0 Å². The van der Waals surface area contributed by atoms with Gasteiger partial charge in [0, 0.05) is 83.7 Å². The number of amides is 4. The number of benzene rings is 6. The summed E-state index contributed by atoms with van der Waals surface area (Å²) in [7, 11) is 8.06. The molecule has 4 atom stereocenters. The Morgan fingerprint density at radius 2 is 0.949 bits per heavy atom. The normalized spacial score (nSPS) is 13.0. The van der Waals surface area contributed by atoms with Gasteiger partial charge in [-0.1, -0.05) is 108 Å². The van der Waals surface area contributed by atoms with E-state index in [9.17, 15) is 53.4 Å². The topological polar surface area (TPSA) is 397 Å². The number of rotatable bonds is 33. The Morgan fingerprint density at radius 1 is 0.556 bits per heavy atom. The van der Waals surface area contributed by atoms with E-state index in [1.807, 2.05) is 118 Å². The first-order valence-corrected chi connectivity index (χ1v) is 39.4. The third kappa shape index (κ3) is 47.9. The van der Waals surface area contributed by atoms with Gasteiger partial charge in [-0.3, -0.25) is 40.0 Å². The second-order valence-corrected chi connectivity index (χ2v) is 27.6. The molecule has 2 aliphatic rings. The molecule has 4 amide bonds. The number of aliphatic hydroxyl groups excluding tert-OH is 4. The van der Waals surface area contributed by atoms with Crippen molar-refractivity contribution in [3.05, 3.63) is 201 Å². The largest absolute Gasteiger partial charge is 0.503 e. The van der Waals surface area contributed by atoms with Crippen LogP contribution in [0, 0.1) is 13.8 Å². The van der Waals surface area contributed by atoms with Crippen LogP contribution < -0.4 is 46.6 Å². The van der Waals surface area contributed by atoms with E-state index in [4.69, 9.17) is 49.1 Å². The number of esters is 3. The molecule has 11 N–H and O–H groups in total. The predicted octanol–water partition coefficient (Wildman–Crippen LogP) is 10.5. The Hall–Kier alpha value is -10.6. The fourth-order valence-electron chi connectivity index (χ4n) is 10.6. The summed E-state index contributed by atoms with van der Waals surface area (Å²) >= 11 is 0. The van der Waals surface area contributed by atoms with Crippen LogP contribution in [0.4, 0.5) is 0 Å². The molecule has 1 fully saturated rings. The number of nitrogens with one attached hydrogen (secondary N) is 3. The number of ketones is 2. The number of hydrogen-bond donors (Lipinski definition) is 9. The van der Waals surface area contributed by atoms with Gasteiger partial charge in [-0.25, -0.2) is 9.59 Å². The number of aryl methyl sites for hydroxylation is 2. The molecule has 0 saturated carbocycles. The zero-order chi connectivity index (χ0) is 87.6. The maximum Gasteiger partial charge on any atom is 0.397 e. The van der Waals surface area contributed by atoms with Gasteiger partial charge in [0.15, 0.2) is 11.5 Å². The molecule has 6 aromatic rings. The molecule has 0 spiro atoms. The molecular formula is C89H130N8O20. The van der Waals surface area contributed by atoms with Crippen LogP contribution in [0.5, 0.6) is 23.0 Å². The van der Waals surface area contributed by atoms with Crippen molar-refractivity contribution in [3.8, 4) is 23.0 Å². The molecule has 646 valence electrons. The average Bonchev–Trinajstić information content (AvgIpc) is 1.08. The van der Waals surface area contributed by atoms with E-state index in [0.717, 1.165) is 77.4 Å². The Kier molecular flexibility index (Phi) is 55.1. The number of aliphatic hydroxyl groups is 4. The van der Waals surface area contributed by atoms with Crippen LogP contribution in [-0.2, 0) is 96.6 Å². The van der Waals surface area contributed by atoms with Crippen LogP contribution in [0.1, 0.15) is 171 Å². The first-order chi connectivity index (χ1) is 55.8. The third-order valence-corrected chi connectivity index (χ3v) is 17.2. The highest BCUT2D eigenvalue weighted by molar-refractivity contribution is 6.32. The van der Waals surface area contributed by atoms with Crippen molar-refractivity contribution in [2.75, 3.05) is 74.9 Å². The Balaban J connectivity index is 0.000000694. The standard InChI is InChI=1S/C17H25NO5.C17H23NO5.C15H17NO4.C13H19NO2.C13H21NO.C8H11NO.C5H8O2.CH6N2/c2*1-4-23-17(21)16(20)18(11-5-6-13(2)19)12-14-7-9-15(22-3)10-8-14;1-10(17)13-7-8-16(15(19)14(13)18)9-11-3-5-12(20-2)6-4-11;1-10-3-6-12(7-4-10)9-14-13(16)8-5-11(2)15;1-11-5-7-13(8-6-11)10-14-9-3-4-12(2)15;1-10-8-4-2-7(6-9)3-5-8;1-4-2-3-5(6)7-4;1-3-2/h7-10,13,19H,4-6,11-12H2,1-3H3;7-10H,4-6,11-12H2,1-3H3;3-6,18H,7-9H2,1-2H3;3-4,6-7,11,15H,5,8-9H2,1-2H3,(H,14,16);5-8,12,14-15H,3-4,9-10H2,1-2H3;2-5H,6,9H2,1H3;4H,2-3H2,1H3;3H,2H2,1H3. The lowest BCUT2D eigenvalue weighted by molar-refractivity contribution is -0.160. The van der Waals surface area contributed by atoms with Crippen molar-refractivity contribution in [3.63, 3.8) is 0 Å². The Labute approximate surface area is 691 Å². The zero-order valence-electron chi connectivity index (χ0n) is 71.2. The zero-order valence-corrected chi connectivity index (χ0v) is 71.2. The number of nitrogens with two attached hydrogens (primary N) is 2. The van der Waals surface area contributed by atoms with Crippen LogP contribution >= 0.6 is 0 Å². The number of hydrazine groups is 1. The van der Waals surface area contributed by atoms with Crippen molar-refractivity contribution in [2.45, 2.75) is 204 Å². The number of hydrogen-bond acceptors (Lipinski definition) is 24. The minimum absolute atomic E-state index is 0.0125. The van der Waals surface area contributed by atoms with Crippen LogP contribution in [-0.4, -0.2) is 188 Å². The van der Waals surface area contributed by atoms with E-state index in [2.05, 4.69) is 53.1 Å². The van der Waals surface area contributed by atoms with Gasteiger partial charge in [0.05, 0.1) is 66.1 Å². The average molecular weight is 1630 g/mol. The van der Waals surface area contributed by atoms with Crippen molar-refractivity contribution in [2.24, 2.45) is 11.6 Å². The monoisotopic (exact) mass is 1630 g/mol. The first-order valence-electron chi connectivity index (χ1n) is 39.4. The molecule has 28 heteroatoms. The summed E-state index contributed by atoms with van der Waals surface area (Å²) in [4.78, 5) is 108. The minimum Gasteiger partial charge on any atom is -0.503 e. The van der Waals surface area contributed by atoms with Crippen LogP contribution in [0.2, 0.25) is 0 Å². The molecule has 2 heterocycles. The van der Waals surface area contributed by atoms with Gasteiger partial charge in [0.1, 0.15) is 28.8 Å². The maximum atomic E-state index is 12.2. The number of cyclic esters (lactones) is 1. The van der Waals surface area contributed by atoms with Crippen molar-refractivity contribution in [1.82, 2.24) is 30.8 Å². The Morgan fingerprint density at radius 3 is 1.31 bits per heavy atom. The molecule has 4 unspecified atom stereocenters. The SMILES string of the molecule is CC1CCC(=O)O1.CCOC(=O)C(=O)N(CCCC(C)=O)Cc1ccc(OC)cc1.CCOC(=O)C(=O)N(CCCC(C)O)Cc1ccc(OC)cc1.CNN.COc1ccc(CN)cc1.COc1ccc(CN2CCC(C(C)=O)=C(O)C2=O)cc1.Cc1ccc(CNC(=O)CCC(C)O)cc1.Cc1ccc(CNCCCC(C)O)cc1. The highest BCUT2D eigenvalue weighted by Gasteiger charge is 2.29. The summed E-state index contributed by atoms with van der Waals surface area (Å²) in [5.74, 6) is 3.43. The van der Waals surface area contributed by atoms with Crippen molar-refractivity contribution < 1.29 is 96.7 Å². The van der Waals surface area contributed by atoms with Crippen molar-refractivity contribution in [1.29, 1.82) is 0 Å². The molecule has 6 aromatic carbocycles. The van der Waals surface area contributed by atoms with Gasteiger partial charge in [-0.05, 0) is 216 Å². The van der Waals surface area contributed by atoms with E-state index >= 15 is 0 Å². The third-order valence-electron chi connectivity index (χ3n) is 17.2. The molecule has 1 saturated heterocycles. The summed E-state index contributed by atoms with van der Waals surface area (Å²) in [6.45, 7) is 22.9. The predicted molar refractivity (Wildman–Crippen MR) is 451 cm³/mol. The molecule has 0 aliphatic carbocycles. The van der Waals surface area contributed by atoms with Gasteiger partial charge in [-0.15, -0.1) is 0 Å². The molecule has 117 heavy (non-hydrogen) atoms. The van der Waals surface area contributed by atoms with E-state index in [1.165, 1.54) is 45.2 Å². The molecular weight excluding hydrogens is 1500 g/mol. The number of carbonyl (C=O) groups excluding carboxylic acids is 9. The second-order valence-electron chi connectivity index (χ2n) is 27.6. The molecule has 8 rings (SSSR count). The minimum atomic E-state index is -0.871. The first kappa shape index (κ1) is 104. The lowest BCUT2D eigenvalue weighted by atomic mass is 10.0. The number of methoxy groups -OCH3 is 4. The lowest BCUT2D eigenvalue weighted by Gasteiger charge is -2.27. The van der Waals surface area contributed by atoms with Gasteiger partial charge in [0.2, 0.25) is 5.91 Å². The Bertz CT molecular complexity index is 3820. The molecule has 2 aliphatic heterocycles. The lowest BCUT2D eigenvalue weighted by Crippen LogP contribution is -2.38. The van der Waals surface area contributed by atoms with Crippen LogP contribution in [0.3, 0.4) is 0 Å². The fraction of sp³-hybridized carbons (Fsp3) is 0.472. The maximum absolute atomic E-state index is 12.2. The fourth-order valence-corrected chi connectivity index (χ4v) is 10.6. The highest BCUT2D eigenvalue weighted by Crippen LogP contribution is 2.23. The number of nitrogens with zero attached hydrogens (tertiary/aromatic N) is 3. The van der Waals surface area contributed by atoms with Crippen LogP contribution in [0.15, 0.2) is 157 Å². The summed E-state index contributed by atoms with van der Waals surface area (Å²) in [5, 5.41) is 43.4. The summed E-state index contributed by atoms with van der Waals surface area (Å²) in [5.41, 5.74) is 16.6.